The third-order valence-electron chi connectivity index (χ3n) is 3.75. The molecule has 0 bridgehead atoms. The van der Waals surface area contributed by atoms with Crippen molar-refractivity contribution in [3.63, 3.8) is 0 Å². The minimum Gasteiger partial charge on any atom is -0.494 e. The molecule has 1 rings (SSSR count). The Morgan fingerprint density at radius 1 is 0.958 bits per heavy atom. The highest BCUT2D eigenvalue weighted by molar-refractivity contribution is 5.83. The van der Waals surface area contributed by atoms with E-state index in [1.807, 2.05) is 6.92 Å². The molecule has 0 atom stereocenters. The second-order valence-corrected chi connectivity index (χ2v) is 5.60. The van der Waals surface area contributed by atoms with E-state index in [-0.39, 0.29) is 19.8 Å². The van der Waals surface area contributed by atoms with Crippen molar-refractivity contribution in [1.82, 2.24) is 0 Å². The summed E-state index contributed by atoms with van der Waals surface area (Å²) in [4.78, 5) is 21.2. The topological polar surface area (TPSA) is 104 Å². The highest BCUT2D eigenvalue weighted by Gasteiger charge is 2.24. The van der Waals surface area contributed by atoms with E-state index in [1.165, 1.54) is 6.07 Å². The Bertz CT molecular complexity index is 439. The number of unbranched alkanes of at least 4 members (excludes halogenated alkanes) is 1. The van der Waals surface area contributed by atoms with Gasteiger partial charge in [-0.1, -0.05) is 20.3 Å². The van der Waals surface area contributed by atoms with Gasteiger partial charge in [0.25, 0.3) is 0 Å². The first kappa shape index (κ1) is 22.2. The first-order chi connectivity index (χ1) is 11.5. The number of aliphatic hydroxyl groups excluding tert-OH is 3. The van der Waals surface area contributed by atoms with Crippen LogP contribution in [0, 0.1) is 5.41 Å². The summed E-state index contributed by atoms with van der Waals surface area (Å²) in [5, 5.41) is 26.0. The quantitative estimate of drug-likeness (QED) is 0.443. The Morgan fingerprint density at radius 3 is 1.75 bits per heavy atom. The number of benzene rings is 1. The van der Waals surface area contributed by atoms with Crippen molar-refractivity contribution in [2.45, 2.75) is 33.1 Å². The highest BCUT2D eigenvalue weighted by Crippen LogP contribution is 2.18. The molecule has 24 heavy (non-hydrogen) atoms. The molecule has 1 aromatic rings. The predicted molar refractivity (Wildman–Crippen MR) is 91.6 cm³/mol. The molecule has 0 aliphatic rings. The Hall–Kier alpha value is -1.76. The Balaban J connectivity index is 0.000000506. The fourth-order valence-corrected chi connectivity index (χ4v) is 1.69. The lowest BCUT2D eigenvalue weighted by Gasteiger charge is -2.24. The molecule has 0 heterocycles. The summed E-state index contributed by atoms with van der Waals surface area (Å²) in [6.45, 7) is 4.03. The molecule has 0 spiro atoms. The molecule has 0 fully saturated rings. The standard InChI is InChI=1S/C12H14O3.C6H14O3/c1-2-3-4-15-12-6-10(8-13)5-11(7-12)9-14;1-2-6(3-7,4-8)5-9/h5-9H,2-4H2,1H3;7-9H,2-5H2,1H3. The van der Waals surface area contributed by atoms with Crippen molar-refractivity contribution in [3.05, 3.63) is 29.3 Å². The van der Waals surface area contributed by atoms with Crippen molar-refractivity contribution >= 4 is 12.6 Å². The van der Waals surface area contributed by atoms with Gasteiger partial charge < -0.3 is 20.1 Å². The lowest BCUT2D eigenvalue weighted by molar-refractivity contribution is 0.00304. The van der Waals surface area contributed by atoms with Crippen LogP contribution in [0.1, 0.15) is 53.8 Å². The number of hydrogen-bond acceptors (Lipinski definition) is 6. The van der Waals surface area contributed by atoms with Crippen LogP contribution in [-0.4, -0.2) is 54.3 Å². The van der Waals surface area contributed by atoms with Crippen LogP contribution < -0.4 is 4.74 Å². The Labute approximate surface area is 143 Å². The van der Waals surface area contributed by atoms with E-state index in [0.717, 1.165) is 12.8 Å². The van der Waals surface area contributed by atoms with Gasteiger partial charge >= 0.3 is 0 Å². The highest BCUT2D eigenvalue weighted by atomic mass is 16.5. The van der Waals surface area contributed by atoms with E-state index in [2.05, 4.69) is 6.92 Å². The molecule has 0 amide bonds. The summed E-state index contributed by atoms with van der Waals surface area (Å²) in [5.41, 5.74) is 0.261. The molecule has 1 aromatic carbocycles. The van der Waals surface area contributed by atoms with Gasteiger partial charge in [-0.05, 0) is 31.0 Å². The monoisotopic (exact) mass is 340 g/mol. The number of aldehydes is 2. The molecular weight excluding hydrogens is 312 g/mol. The van der Waals surface area contributed by atoms with Gasteiger partial charge in [0.1, 0.15) is 18.3 Å². The second kappa shape index (κ2) is 12.6. The molecule has 0 saturated heterocycles. The molecule has 0 aliphatic heterocycles. The van der Waals surface area contributed by atoms with Crippen LogP contribution in [0.3, 0.4) is 0 Å². The Kier molecular flexibility index (Phi) is 11.7. The molecule has 136 valence electrons. The van der Waals surface area contributed by atoms with E-state index in [9.17, 15) is 9.59 Å². The maximum Gasteiger partial charge on any atom is 0.150 e. The number of rotatable bonds is 10. The minimum atomic E-state index is -0.667. The number of hydrogen-bond donors (Lipinski definition) is 3. The minimum absolute atomic E-state index is 0.156. The molecule has 3 N–H and O–H groups in total. The summed E-state index contributed by atoms with van der Waals surface area (Å²) in [5.74, 6) is 0.579. The summed E-state index contributed by atoms with van der Waals surface area (Å²) < 4.78 is 5.41. The molecule has 0 aromatic heterocycles. The van der Waals surface area contributed by atoms with E-state index < -0.39 is 5.41 Å². The van der Waals surface area contributed by atoms with Crippen molar-refractivity contribution in [3.8, 4) is 5.75 Å². The molecule has 6 heteroatoms. The number of aliphatic hydroxyl groups is 3. The SMILES string of the molecule is CCC(CO)(CO)CO.CCCCOc1cc(C=O)cc(C=O)c1. The van der Waals surface area contributed by atoms with Crippen LogP contribution in [-0.2, 0) is 0 Å². The van der Waals surface area contributed by atoms with E-state index in [1.54, 1.807) is 12.1 Å². The fraction of sp³-hybridized carbons (Fsp3) is 0.556. The number of ether oxygens (including phenoxy) is 1. The molecular formula is C18H28O6. The van der Waals surface area contributed by atoms with Crippen molar-refractivity contribution in [1.29, 1.82) is 0 Å². The van der Waals surface area contributed by atoms with Crippen LogP contribution in [0.5, 0.6) is 5.75 Å². The van der Waals surface area contributed by atoms with Crippen molar-refractivity contribution in [2.24, 2.45) is 5.41 Å². The van der Waals surface area contributed by atoms with Crippen LogP contribution in [0.15, 0.2) is 18.2 Å². The lowest BCUT2D eigenvalue weighted by Crippen LogP contribution is -2.32. The largest absolute Gasteiger partial charge is 0.494 e. The summed E-state index contributed by atoms with van der Waals surface area (Å²) in [7, 11) is 0. The average Bonchev–Trinajstić information content (AvgIpc) is 2.64. The van der Waals surface area contributed by atoms with Crippen LogP contribution in [0.25, 0.3) is 0 Å². The normalized spacial score (nSPS) is 10.5. The Morgan fingerprint density at radius 2 is 1.46 bits per heavy atom. The second-order valence-electron chi connectivity index (χ2n) is 5.60. The van der Waals surface area contributed by atoms with Gasteiger partial charge in [0, 0.05) is 16.5 Å². The average molecular weight is 340 g/mol. The molecule has 0 aliphatic carbocycles. The van der Waals surface area contributed by atoms with Gasteiger partial charge in [-0.25, -0.2) is 0 Å². The third kappa shape index (κ3) is 7.68. The van der Waals surface area contributed by atoms with Gasteiger partial charge in [-0.15, -0.1) is 0 Å². The van der Waals surface area contributed by atoms with Gasteiger partial charge in [0.2, 0.25) is 0 Å². The van der Waals surface area contributed by atoms with Crippen molar-refractivity contribution < 1.29 is 29.6 Å². The zero-order valence-corrected chi connectivity index (χ0v) is 14.4. The first-order valence-corrected chi connectivity index (χ1v) is 8.05. The van der Waals surface area contributed by atoms with Crippen LogP contribution in [0.2, 0.25) is 0 Å². The van der Waals surface area contributed by atoms with E-state index in [4.69, 9.17) is 20.1 Å². The van der Waals surface area contributed by atoms with Gasteiger partial charge in [0.15, 0.2) is 0 Å². The van der Waals surface area contributed by atoms with Crippen molar-refractivity contribution in [2.75, 3.05) is 26.4 Å². The van der Waals surface area contributed by atoms with E-state index in [0.29, 0.717) is 42.5 Å². The summed E-state index contributed by atoms with van der Waals surface area (Å²) in [6.07, 6.45) is 4.02. The fourth-order valence-electron chi connectivity index (χ4n) is 1.69. The van der Waals surface area contributed by atoms with Crippen LogP contribution >= 0.6 is 0 Å². The maximum absolute atomic E-state index is 10.6. The smallest absolute Gasteiger partial charge is 0.150 e. The van der Waals surface area contributed by atoms with E-state index >= 15 is 0 Å². The number of carbonyl (C=O) groups excluding carboxylic acids is 2. The third-order valence-corrected chi connectivity index (χ3v) is 3.75. The predicted octanol–water partition coefficient (Wildman–Crippen LogP) is 1.85. The van der Waals surface area contributed by atoms with Crippen LogP contribution in [0.4, 0.5) is 0 Å². The summed E-state index contributed by atoms with van der Waals surface area (Å²) >= 11 is 0. The zero-order valence-electron chi connectivity index (χ0n) is 14.4. The first-order valence-electron chi connectivity index (χ1n) is 8.05. The number of carbonyl (C=O) groups is 2. The van der Waals surface area contributed by atoms with Gasteiger partial charge in [-0.2, -0.15) is 0 Å². The van der Waals surface area contributed by atoms with Gasteiger partial charge in [-0.3, -0.25) is 9.59 Å². The molecule has 0 unspecified atom stereocenters. The summed E-state index contributed by atoms with van der Waals surface area (Å²) in [6, 6.07) is 4.80. The maximum atomic E-state index is 10.6. The lowest BCUT2D eigenvalue weighted by atomic mass is 9.88. The molecule has 0 radical (unpaired) electrons. The van der Waals surface area contributed by atoms with Gasteiger partial charge in [0.05, 0.1) is 26.4 Å². The molecule has 0 saturated carbocycles. The zero-order chi connectivity index (χ0) is 18.4. The molecule has 6 nitrogen and oxygen atoms in total.